The maximum absolute atomic E-state index is 6.77. The highest BCUT2D eigenvalue weighted by Crippen LogP contribution is 2.47. The van der Waals surface area contributed by atoms with Gasteiger partial charge in [0.2, 0.25) is 0 Å². The molecule has 264 valence electrons. The molecule has 12 rings (SSSR count). The third kappa shape index (κ3) is 4.72. The fourth-order valence-electron chi connectivity index (χ4n) is 8.96. The molecule has 0 fully saturated rings. The molecular formula is C52H33NO3. The van der Waals surface area contributed by atoms with E-state index < -0.39 is 0 Å². The summed E-state index contributed by atoms with van der Waals surface area (Å²) in [4.78, 5) is 2.34. The highest BCUT2D eigenvalue weighted by molar-refractivity contribution is 6.14. The van der Waals surface area contributed by atoms with Crippen LogP contribution in [-0.4, -0.2) is 0 Å². The third-order valence-electron chi connectivity index (χ3n) is 11.6. The van der Waals surface area contributed by atoms with Crippen molar-refractivity contribution >= 4 is 88.8 Å². The molecule has 3 aromatic heterocycles. The summed E-state index contributed by atoms with van der Waals surface area (Å²) in [7, 11) is 0. The zero-order valence-corrected chi connectivity index (χ0v) is 30.3. The quantitative estimate of drug-likeness (QED) is 0.178. The van der Waals surface area contributed by atoms with E-state index in [9.17, 15) is 0 Å². The summed E-state index contributed by atoms with van der Waals surface area (Å²) in [5.74, 6) is 1.16. The predicted molar refractivity (Wildman–Crippen MR) is 230 cm³/mol. The number of fused-ring (bicyclic) bond motifs is 10. The average Bonchev–Trinajstić information content (AvgIpc) is 3.94. The molecule has 1 unspecified atom stereocenters. The van der Waals surface area contributed by atoms with Crippen LogP contribution in [0, 0.1) is 0 Å². The summed E-state index contributed by atoms with van der Waals surface area (Å²) >= 11 is 0. The number of benzene rings is 8. The molecule has 0 saturated heterocycles. The Hall–Kier alpha value is -7.30. The first-order chi connectivity index (χ1) is 27.7. The van der Waals surface area contributed by atoms with Crippen LogP contribution in [0.3, 0.4) is 0 Å². The Kier molecular flexibility index (Phi) is 6.72. The van der Waals surface area contributed by atoms with E-state index in [0.29, 0.717) is 0 Å². The van der Waals surface area contributed by atoms with E-state index in [1.165, 1.54) is 16.5 Å². The molecule has 1 aliphatic carbocycles. The molecular weight excluding hydrogens is 687 g/mol. The van der Waals surface area contributed by atoms with Gasteiger partial charge < -0.3 is 18.2 Å². The Morgan fingerprint density at radius 2 is 1.11 bits per heavy atom. The van der Waals surface area contributed by atoms with Crippen molar-refractivity contribution in [3.63, 3.8) is 0 Å². The number of para-hydroxylation sites is 4. The van der Waals surface area contributed by atoms with E-state index in [1.807, 2.05) is 18.2 Å². The van der Waals surface area contributed by atoms with Gasteiger partial charge in [0.1, 0.15) is 33.7 Å². The normalized spacial score (nSPS) is 14.1. The number of furan rings is 3. The lowest BCUT2D eigenvalue weighted by Crippen LogP contribution is -2.12. The maximum Gasteiger partial charge on any atom is 0.143 e. The van der Waals surface area contributed by atoms with Gasteiger partial charge in [-0.2, -0.15) is 0 Å². The predicted octanol–water partition coefficient (Wildman–Crippen LogP) is 15.1. The van der Waals surface area contributed by atoms with Gasteiger partial charge in [0.25, 0.3) is 0 Å². The van der Waals surface area contributed by atoms with Crippen LogP contribution in [0.15, 0.2) is 189 Å². The van der Waals surface area contributed by atoms with Crippen LogP contribution in [-0.2, 0) is 0 Å². The Morgan fingerprint density at radius 3 is 1.98 bits per heavy atom. The van der Waals surface area contributed by atoms with Crippen molar-refractivity contribution in [2.24, 2.45) is 0 Å². The second kappa shape index (κ2) is 12.1. The molecule has 0 spiro atoms. The Bertz CT molecular complexity index is 3360. The van der Waals surface area contributed by atoms with E-state index in [4.69, 9.17) is 13.3 Å². The molecule has 8 aromatic carbocycles. The van der Waals surface area contributed by atoms with Gasteiger partial charge in [0, 0.05) is 67.0 Å². The number of anilines is 3. The summed E-state index contributed by atoms with van der Waals surface area (Å²) in [6.45, 7) is 0. The second-order valence-electron chi connectivity index (χ2n) is 14.8. The van der Waals surface area contributed by atoms with Crippen molar-refractivity contribution in [2.45, 2.75) is 12.3 Å². The molecule has 1 aliphatic rings. The Balaban J connectivity index is 1.03. The van der Waals surface area contributed by atoms with Gasteiger partial charge in [-0.15, -0.1) is 0 Å². The third-order valence-corrected chi connectivity index (χ3v) is 11.6. The van der Waals surface area contributed by atoms with Crippen LogP contribution in [0.4, 0.5) is 17.1 Å². The fourth-order valence-corrected chi connectivity index (χ4v) is 8.96. The van der Waals surface area contributed by atoms with E-state index in [-0.39, 0.29) is 5.92 Å². The first-order valence-electron chi connectivity index (χ1n) is 19.2. The zero-order chi connectivity index (χ0) is 36.7. The van der Waals surface area contributed by atoms with Crippen molar-refractivity contribution in [1.29, 1.82) is 0 Å². The van der Waals surface area contributed by atoms with Gasteiger partial charge in [-0.1, -0.05) is 121 Å². The summed E-state index contributed by atoms with van der Waals surface area (Å²) < 4.78 is 19.7. The van der Waals surface area contributed by atoms with E-state index in [0.717, 1.165) is 101 Å². The lowest BCUT2D eigenvalue weighted by molar-refractivity contribution is 0.517. The highest BCUT2D eigenvalue weighted by atomic mass is 16.3. The number of allylic oxidation sites excluding steroid dienone is 1. The fraction of sp³-hybridized carbons (Fsp3) is 0.0385. The average molecular weight is 720 g/mol. The van der Waals surface area contributed by atoms with Crippen molar-refractivity contribution in [2.75, 3.05) is 4.90 Å². The molecule has 4 nitrogen and oxygen atoms in total. The molecule has 0 aliphatic heterocycles. The Labute approximate surface area is 322 Å². The van der Waals surface area contributed by atoms with Crippen molar-refractivity contribution in [3.05, 3.63) is 193 Å². The van der Waals surface area contributed by atoms with Crippen LogP contribution in [0.1, 0.15) is 29.2 Å². The lowest BCUT2D eigenvalue weighted by Gasteiger charge is -2.28. The van der Waals surface area contributed by atoms with Crippen molar-refractivity contribution in [1.82, 2.24) is 0 Å². The summed E-state index contributed by atoms with van der Waals surface area (Å²) in [5.41, 5.74) is 12.0. The maximum atomic E-state index is 6.77. The van der Waals surface area contributed by atoms with Gasteiger partial charge in [0.05, 0.1) is 5.69 Å². The lowest BCUT2D eigenvalue weighted by atomic mass is 9.86. The molecule has 0 N–H and O–H groups in total. The molecule has 0 saturated carbocycles. The smallest absolute Gasteiger partial charge is 0.143 e. The molecule has 11 aromatic rings. The molecule has 0 bridgehead atoms. The van der Waals surface area contributed by atoms with Crippen LogP contribution in [0.2, 0.25) is 0 Å². The summed E-state index contributed by atoms with van der Waals surface area (Å²) in [6, 6.07) is 60.1. The minimum Gasteiger partial charge on any atom is -0.460 e. The minimum absolute atomic E-state index is 0.131. The largest absolute Gasteiger partial charge is 0.460 e. The molecule has 1 atom stereocenters. The standard InChI is InChI=1S/C52H33NO3/c1-2-12-34-30-49-45(29-33(34)11-1)44-19-10-17-42(52(44)56-49)38-13-3-6-20-46(38)53(36-27-28-41-39-14-4-7-21-47(39)54-50(41)31-36)35-25-23-32(24-26-35)37-16-9-18-43-40-15-5-8-22-48(40)55-51(37)43/h1-15,17-31,37H,16H2. The van der Waals surface area contributed by atoms with E-state index in [2.05, 4.69) is 169 Å². The number of hydrogen-bond acceptors (Lipinski definition) is 4. The van der Waals surface area contributed by atoms with Gasteiger partial charge in [0.15, 0.2) is 0 Å². The summed E-state index contributed by atoms with van der Waals surface area (Å²) in [5, 5.41) is 7.95. The first kappa shape index (κ1) is 31.1. The van der Waals surface area contributed by atoms with Crippen LogP contribution in [0.5, 0.6) is 0 Å². The van der Waals surface area contributed by atoms with Crippen LogP contribution in [0.25, 0.3) is 82.8 Å². The SMILES string of the molecule is C1=Cc2c(oc3ccccc23)C(c2ccc(N(c3ccc4c(c3)oc3ccccc34)c3ccccc3-c3cccc4c3oc3cc5ccccc5cc34)cc2)C1. The molecule has 4 heteroatoms. The van der Waals surface area contributed by atoms with Gasteiger partial charge in [-0.3, -0.25) is 0 Å². The van der Waals surface area contributed by atoms with E-state index in [1.54, 1.807) is 0 Å². The zero-order valence-electron chi connectivity index (χ0n) is 30.3. The topological polar surface area (TPSA) is 42.7 Å². The first-order valence-corrected chi connectivity index (χ1v) is 19.2. The molecule has 0 radical (unpaired) electrons. The number of rotatable bonds is 5. The van der Waals surface area contributed by atoms with Crippen LogP contribution >= 0.6 is 0 Å². The van der Waals surface area contributed by atoms with Gasteiger partial charge in [-0.25, -0.2) is 0 Å². The monoisotopic (exact) mass is 719 g/mol. The van der Waals surface area contributed by atoms with Crippen molar-refractivity contribution < 1.29 is 13.3 Å². The number of nitrogens with zero attached hydrogens (tertiary/aromatic N) is 1. The number of hydrogen-bond donors (Lipinski definition) is 0. The van der Waals surface area contributed by atoms with Crippen LogP contribution < -0.4 is 4.90 Å². The molecule has 0 amide bonds. The molecule has 3 heterocycles. The van der Waals surface area contributed by atoms with Gasteiger partial charge in [-0.05, 0) is 77.4 Å². The summed E-state index contributed by atoms with van der Waals surface area (Å²) in [6.07, 6.45) is 5.37. The second-order valence-corrected chi connectivity index (χ2v) is 14.8. The van der Waals surface area contributed by atoms with Gasteiger partial charge >= 0.3 is 0 Å². The molecule has 56 heavy (non-hydrogen) atoms. The minimum atomic E-state index is 0.131. The van der Waals surface area contributed by atoms with E-state index >= 15 is 0 Å². The Morgan fingerprint density at radius 1 is 0.446 bits per heavy atom. The van der Waals surface area contributed by atoms with Crippen molar-refractivity contribution in [3.8, 4) is 11.1 Å². The highest BCUT2D eigenvalue weighted by Gasteiger charge is 2.26.